The Hall–Kier alpha value is -1.43. The van der Waals surface area contributed by atoms with Crippen molar-refractivity contribution in [3.8, 4) is 0 Å². The highest BCUT2D eigenvalue weighted by atomic mass is 79.9. The summed E-state index contributed by atoms with van der Waals surface area (Å²) in [6.45, 7) is 0.631. The van der Waals surface area contributed by atoms with E-state index in [1.807, 2.05) is 4.90 Å². The summed E-state index contributed by atoms with van der Waals surface area (Å²) in [6, 6.07) is 3.76. The van der Waals surface area contributed by atoms with Crippen LogP contribution < -0.4 is 5.32 Å². The Kier molecular flexibility index (Phi) is 3.26. The molecule has 2 heterocycles. The second-order valence-corrected chi connectivity index (χ2v) is 5.93. The smallest absolute Gasteiger partial charge is 0.270 e. The number of nitrogens with zero attached hydrogens (tertiary/aromatic N) is 2. The van der Waals surface area contributed by atoms with Crippen LogP contribution in [0.4, 0.5) is 0 Å². The van der Waals surface area contributed by atoms with E-state index in [1.54, 1.807) is 18.3 Å². The fourth-order valence-electron chi connectivity index (χ4n) is 2.34. The van der Waals surface area contributed by atoms with E-state index in [1.165, 1.54) is 0 Å². The summed E-state index contributed by atoms with van der Waals surface area (Å²) in [5, 5.41) is 2.88. The number of carbonyl (C=O) groups excluding carboxylic acids is 2. The van der Waals surface area contributed by atoms with Gasteiger partial charge in [-0.2, -0.15) is 0 Å². The third-order valence-electron chi connectivity index (χ3n) is 3.44. The van der Waals surface area contributed by atoms with Crippen LogP contribution >= 0.6 is 15.9 Å². The topological polar surface area (TPSA) is 62.3 Å². The predicted molar refractivity (Wildman–Crippen MR) is 72.5 cm³/mol. The number of carbonyl (C=O) groups is 2. The minimum atomic E-state index is -0.219. The Morgan fingerprint density at radius 3 is 2.84 bits per heavy atom. The van der Waals surface area contributed by atoms with Crippen molar-refractivity contribution in [3.05, 3.63) is 28.5 Å². The molecule has 1 aliphatic carbocycles. The van der Waals surface area contributed by atoms with Crippen LogP contribution in [0.1, 0.15) is 29.8 Å². The van der Waals surface area contributed by atoms with Gasteiger partial charge in [0.25, 0.3) is 5.91 Å². The van der Waals surface area contributed by atoms with Crippen molar-refractivity contribution in [2.24, 2.45) is 0 Å². The molecule has 0 aromatic carbocycles. The highest BCUT2D eigenvalue weighted by Gasteiger charge is 2.39. The van der Waals surface area contributed by atoms with E-state index < -0.39 is 0 Å². The molecule has 3 rings (SSSR count). The molecule has 1 aliphatic heterocycles. The summed E-state index contributed by atoms with van der Waals surface area (Å²) < 4.78 is 0.833. The van der Waals surface area contributed by atoms with Crippen LogP contribution in [-0.4, -0.2) is 40.3 Å². The predicted octanol–water partition coefficient (Wildman–Crippen LogP) is 1.34. The maximum absolute atomic E-state index is 12.0. The molecule has 0 spiro atoms. The maximum Gasteiger partial charge on any atom is 0.270 e. The SMILES string of the molecule is O=C(NC1CC(=O)N(C2CC2)C1)c1ccc(Br)cn1. The molecule has 1 saturated carbocycles. The summed E-state index contributed by atoms with van der Waals surface area (Å²) in [5.74, 6) is -0.0699. The number of hydrogen-bond acceptors (Lipinski definition) is 3. The molecule has 1 saturated heterocycles. The Bertz CT molecular complexity index is 513. The van der Waals surface area contributed by atoms with Crippen LogP contribution in [0, 0.1) is 0 Å². The van der Waals surface area contributed by atoms with Gasteiger partial charge in [0, 0.05) is 29.7 Å². The van der Waals surface area contributed by atoms with Gasteiger partial charge in [0.1, 0.15) is 5.69 Å². The number of aromatic nitrogens is 1. The summed E-state index contributed by atoms with van der Waals surface area (Å²) in [7, 11) is 0. The lowest BCUT2D eigenvalue weighted by Crippen LogP contribution is -2.37. The number of amides is 2. The van der Waals surface area contributed by atoms with Crippen molar-refractivity contribution in [1.29, 1.82) is 0 Å². The molecule has 1 N–H and O–H groups in total. The average molecular weight is 324 g/mol. The molecule has 2 amide bonds. The van der Waals surface area contributed by atoms with Gasteiger partial charge in [0.2, 0.25) is 5.91 Å². The highest BCUT2D eigenvalue weighted by molar-refractivity contribution is 9.10. The lowest BCUT2D eigenvalue weighted by atomic mass is 10.2. The summed E-state index contributed by atoms with van der Waals surface area (Å²) in [6.07, 6.45) is 4.19. The van der Waals surface area contributed by atoms with E-state index in [-0.39, 0.29) is 17.9 Å². The van der Waals surface area contributed by atoms with E-state index in [4.69, 9.17) is 0 Å². The molecule has 2 aliphatic rings. The largest absolute Gasteiger partial charge is 0.346 e. The Morgan fingerprint density at radius 2 is 2.21 bits per heavy atom. The van der Waals surface area contributed by atoms with E-state index in [9.17, 15) is 9.59 Å². The van der Waals surface area contributed by atoms with Crippen molar-refractivity contribution >= 4 is 27.7 Å². The van der Waals surface area contributed by atoms with Crippen LogP contribution in [0.2, 0.25) is 0 Å². The Labute approximate surface area is 119 Å². The highest BCUT2D eigenvalue weighted by Crippen LogP contribution is 2.30. The first kappa shape index (κ1) is 12.6. The molecule has 1 aromatic rings. The normalized spacial score (nSPS) is 22.7. The van der Waals surface area contributed by atoms with Gasteiger partial charge < -0.3 is 10.2 Å². The van der Waals surface area contributed by atoms with Crippen LogP contribution in [0.25, 0.3) is 0 Å². The first-order chi connectivity index (χ1) is 9.13. The van der Waals surface area contributed by atoms with Gasteiger partial charge in [-0.25, -0.2) is 4.98 Å². The number of hydrogen-bond donors (Lipinski definition) is 1. The van der Waals surface area contributed by atoms with E-state index >= 15 is 0 Å². The number of pyridine rings is 1. The summed E-state index contributed by atoms with van der Waals surface area (Å²) >= 11 is 3.28. The molecule has 0 radical (unpaired) electrons. The minimum Gasteiger partial charge on any atom is -0.346 e. The lowest BCUT2D eigenvalue weighted by Gasteiger charge is -2.15. The standard InChI is InChI=1S/C13H14BrN3O2/c14-8-1-4-11(15-6-8)13(19)16-9-5-12(18)17(7-9)10-2-3-10/h1,4,6,9-10H,2-3,5,7H2,(H,16,19). The minimum absolute atomic E-state index is 0.0916. The second kappa shape index (κ2) is 4.92. The number of likely N-dealkylation sites (tertiary alicyclic amines) is 1. The molecule has 1 atom stereocenters. The molecule has 100 valence electrons. The number of nitrogens with one attached hydrogen (secondary N) is 1. The summed E-state index contributed by atoms with van der Waals surface area (Å²) in [4.78, 5) is 29.7. The summed E-state index contributed by atoms with van der Waals surface area (Å²) in [5.41, 5.74) is 0.375. The van der Waals surface area contributed by atoms with Crippen molar-refractivity contribution in [2.75, 3.05) is 6.54 Å². The molecular weight excluding hydrogens is 310 g/mol. The molecular formula is C13H14BrN3O2. The third kappa shape index (κ3) is 2.78. The first-order valence-electron chi connectivity index (χ1n) is 6.35. The molecule has 2 fully saturated rings. The van der Waals surface area contributed by atoms with Gasteiger partial charge in [-0.15, -0.1) is 0 Å². The Balaban J connectivity index is 1.61. The average Bonchev–Trinajstić information content (AvgIpc) is 3.15. The van der Waals surface area contributed by atoms with E-state index in [0.29, 0.717) is 24.7 Å². The molecule has 5 nitrogen and oxygen atoms in total. The van der Waals surface area contributed by atoms with Crippen LogP contribution in [-0.2, 0) is 4.79 Å². The second-order valence-electron chi connectivity index (χ2n) is 5.01. The lowest BCUT2D eigenvalue weighted by molar-refractivity contribution is -0.128. The molecule has 1 unspecified atom stereocenters. The van der Waals surface area contributed by atoms with Gasteiger partial charge in [-0.3, -0.25) is 9.59 Å². The van der Waals surface area contributed by atoms with Crippen LogP contribution in [0.15, 0.2) is 22.8 Å². The van der Waals surface area contributed by atoms with Crippen LogP contribution in [0.3, 0.4) is 0 Å². The molecule has 1 aromatic heterocycles. The van der Waals surface area contributed by atoms with Gasteiger partial charge in [0.05, 0.1) is 6.04 Å². The van der Waals surface area contributed by atoms with E-state index in [0.717, 1.165) is 17.3 Å². The maximum atomic E-state index is 12.0. The molecule has 6 heteroatoms. The van der Waals surface area contributed by atoms with E-state index in [2.05, 4.69) is 26.2 Å². The first-order valence-corrected chi connectivity index (χ1v) is 7.14. The van der Waals surface area contributed by atoms with Crippen molar-refractivity contribution in [2.45, 2.75) is 31.3 Å². The number of rotatable bonds is 3. The fraction of sp³-hybridized carbons (Fsp3) is 0.462. The van der Waals surface area contributed by atoms with Crippen molar-refractivity contribution in [3.63, 3.8) is 0 Å². The number of halogens is 1. The van der Waals surface area contributed by atoms with Crippen molar-refractivity contribution < 1.29 is 9.59 Å². The monoisotopic (exact) mass is 323 g/mol. The zero-order chi connectivity index (χ0) is 13.4. The van der Waals surface area contributed by atoms with Gasteiger partial charge in [0.15, 0.2) is 0 Å². The Morgan fingerprint density at radius 1 is 1.42 bits per heavy atom. The molecule has 19 heavy (non-hydrogen) atoms. The zero-order valence-electron chi connectivity index (χ0n) is 10.3. The van der Waals surface area contributed by atoms with Gasteiger partial charge in [-0.1, -0.05) is 0 Å². The van der Waals surface area contributed by atoms with Gasteiger partial charge in [-0.05, 0) is 40.9 Å². The van der Waals surface area contributed by atoms with Gasteiger partial charge >= 0.3 is 0 Å². The zero-order valence-corrected chi connectivity index (χ0v) is 11.9. The third-order valence-corrected chi connectivity index (χ3v) is 3.91. The molecule has 0 bridgehead atoms. The van der Waals surface area contributed by atoms with Crippen LogP contribution in [0.5, 0.6) is 0 Å². The fourth-order valence-corrected chi connectivity index (χ4v) is 2.57. The quantitative estimate of drug-likeness (QED) is 0.913. The van der Waals surface area contributed by atoms with Crippen molar-refractivity contribution in [1.82, 2.24) is 15.2 Å².